The predicted molar refractivity (Wildman–Crippen MR) is 72.1 cm³/mol. The largest absolute Gasteiger partial charge is 0.469 e. The highest BCUT2D eigenvalue weighted by atomic mass is 32.1. The van der Waals surface area contributed by atoms with Crippen molar-refractivity contribution in [1.82, 2.24) is 4.98 Å². The summed E-state index contributed by atoms with van der Waals surface area (Å²) in [6.07, 6.45) is -0.0306. The summed E-state index contributed by atoms with van der Waals surface area (Å²) < 4.78 is 31.0. The number of thiazole rings is 1. The minimum absolute atomic E-state index is 0.0306. The molecule has 2 aromatic rings. The molecule has 1 aromatic heterocycles. The van der Waals surface area contributed by atoms with Gasteiger partial charge in [-0.2, -0.15) is 0 Å². The van der Waals surface area contributed by atoms with Crippen LogP contribution in [-0.2, 0) is 16.0 Å². The number of methoxy groups -OCH3 is 1. The van der Waals surface area contributed by atoms with Crippen LogP contribution < -0.4 is 5.32 Å². The maximum atomic E-state index is 13.4. The van der Waals surface area contributed by atoms with Gasteiger partial charge in [-0.15, -0.1) is 11.3 Å². The maximum Gasteiger partial charge on any atom is 0.311 e. The highest BCUT2D eigenvalue weighted by molar-refractivity contribution is 7.14. The van der Waals surface area contributed by atoms with Crippen molar-refractivity contribution in [3.8, 4) is 0 Å². The van der Waals surface area contributed by atoms with Crippen LogP contribution in [0, 0.1) is 11.6 Å². The van der Waals surface area contributed by atoms with E-state index in [1.165, 1.54) is 7.11 Å². The predicted octanol–water partition coefficient (Wildman–Crippen LogP) is 2.39. The van der Waals surface area contributed by atoms with Gasteiger partial charge < -0.3 is 4.74 Å². The van der Waals surface area contributed by atoms with E-state index in [0.717, 1.165) is 29.5 Å². The Bertz CT molecular complexity index is 688. The molecule has 0 fully saturated rings. The molecule has 110 valence electrons. The zero-order valence-electron chi connectivity index (χ0n) is 10.9. The second-order valence-electron chi connectivity index (χ2n) is 3.98. The number of halogens is 2. The first-order chi connectivity index (χ1) is 9.99. The third-order valence-electron chi connectivity index (χ3n) is 2.50. The third kappa shape index (κ3) is 3.82. The second-order valence-corrected chi connectivity index (χ2v) is 4.83. The van der Waals surface area contributed by atoms with Gasteiger partial charge in [-0.25, -0.2) is 13.8 Å². The van der Waals surface area contributed by atoms with E-state index in [1.54, 1.807) is 5.38 Å². The summed E-state index contributed by atoms with van der Waals surface area (Å²) in [6, 6.07) is 2.59. The van der Waals surface area contributed by atoms with Crippen LogP contribution >= 0.6 is 11.3 Å². The van der Waals surface area contributed by atoms with Crippen molar-refractivity contribution in [2.45, 2.75) is 6.42 Å². The molecule has 0 aliphatic heterocycles. The Labute approximate surface area is 122 Å². The molecule has 0 radical (unpaired) electrons. The van der Waals surface area contributed by atoms with E-state index < -0.39 is 29.1 Å². The maximum absolute atomic E-state index is 13.4. The van der Waals surface area contributed by atoms with Crippen LogP contribution in [0.2, 0.25) is 0 Å². The summed E-state index contributed by atoms with van der Waals surface area (Å²) in [5.41, 5.74) is 0.00146. The number of hydrogen-bond donors (Lipinski definition) is 1. The van der Waals surface area contributed by atoms with Gasteiger partial charge in [-0.05, 0) is 18.2 Å². The van der Waals surface area contributed by atoms with Gasteiger partial charge in [0.15, 0.2) is 5.13 Å². The van der Waals surface area contributed by atoms with Crippen LogP contribution in [0.1, 0.15) is 16.1 Å². The number of carbonyl (C=O) groups is 2. The van der Waals surface area contributed by atoms with Gasteiger partial charge in [0.05, 0.1) is 24.8 Å². The quantitative estimate of drug-likeness (QED) is 0.880. The molecule has 5 nitrogen and oxygen atoms in total. The van der Waals surface area contributed by atoms with E-state index in [0.29, 0.717) is 5.69 Å². The molecule has 1 aromatic carbocycles. The molecule has 1 N–H and O–H groups in total. The number of nitrogens with one attached hydrogen (secondary N) is 1. The summed E-state index contributed by atoms with van der Waals surface area (Å²) in [5, 5.41) is 4.09. The molecule has 1 amide bonds. The minimum Gasteiger partial charge on any atom is -0.469 e. The van der Waals surface area contributed by atoms with Crippen LogP contribution in [0.3, 0.4) is 0 Å². The molecule has 0 saturated heterocycles. The molecule has 0 aliphatic carbocycles. The Morgan fingerprint density at radius 1 is 1.38 bits per heavy atom. The van der Waals surface area contributed by atoms with Crippen LogP contribution in [0.15, 0.2) is 23.6 Å². The second kappa shape index (κ2) is 6.40. The van der Waals surface area contributed by atoms with Crippen LogP contribution in [0.25, 0.3) is 0 Å². The molecule has 8 heteroatoms. The van der Waals surface area contributed by atoms with Crippen molar-refractivity contribution in [2.75, 3.05) is 12.4 Å². The topological polar surface area (TPSA) is 68.3 Å². The average Bonchev–Trinajstić information content (AvgIpc) is 2.88. The molecule has 0 unspecified atom stereocenters. The Kier molecular flexibility index (Phi) is 4.59. The standard InChI is InChI=1S/C13H10F2N2O3S/c1-20-11(18)5-8-6-21-13(16-8)17-12(19)9-4-7(14)2-3-10(9)15/h2-4,6H,5H2,1H3,(H,16,17,19). The van der Waals surface area contributed by atoms with E-state index in [-0.39, 0.29) is 11.6 Å². The average molecular weight is 312 g/mol. The van der Waals surface area contributed by atoms with Gasteiger partial charge in [-0.3, -0.25) is 14.9 Å². The van der Waals surface area contributed by atoms with E-state index in [2.05, 4.69) is 15.0 Å². The van der Waals surface area contributed by atoms with Crippen molar-refractivity contribution in [2.24, 2.45) is 0 Å². The molecule has 0 saturated carbocycles. The fourth-order valence-corrected chi connectivity index (χ4v) is 2.21. The van der Waals surface area contributed by atoms with Crippen LogP contribution in [0.4, 0.5) is 13.9 Å². The first-order valence-corrected chi connectivity index (χ1v) is 6.65. The Hall–Kier alpha value is -2.35. The smallest absolute Gasteiger partial charge is 0.311 e. The lowest BCUT2D eigenvalue weighted by molar-refractivity contribution is -0.139. The first kappa shape index (κ1) is 15.0. The highest BCUT2D eigenvalue weighted by Gasteiger charge is 2.15. The van der Waals surface area contributed by atoms with Gasteiger partial charge in [0, 0.05) is 5.38 Å². The first-order valence-electron chi connectivity index (χ1n) is 5.77. The third-order valence-corrected chi connectivity index (χ3v) is 3.30. The Balaban J connectivity index is 2.09. The molecule has 0 bridgehead atoms. The number of rotatable bonds is 4. The molecule has 2 rings (SSSR count). The summed E-state index contributed by atoms with van der Waals surface area (Å²) in [7, 11) is 1.25. The van der Waals surface area contributed by atoms with Crippen LogP contribution in [-0.4, -0.2) is 24.0 Å². The van der Waals surface area contributed by atoms with Gasteiger partial charge >= 0.3 is 5.97 Å². The van der Waals surface area contributed by atoms with Gasteiger partial charge in [0.2, 0.25) is 0 Å². The number of esters is 1. The summed E-state index contributed by atoms with van der Waals surface area (Å²) >= 11 is 1.07. The van der Waals surface area contributed by atoms with Crippen molar-refractivity contribution in [3.63, 3.8) is 0 Å². The number of amides is 1. The number of benzene rings is 1. The van der Waals surface area contributed by atoms with Crippen molar-refractivity contribution in [3.05, 3.63) is 46.5 Å². The fourth-order valence-electron chi connectivity index (χ4n) is 1.50. The SMILES string of the molecule is COC(=O)Cc1csc(NC(=O)c2cc(F)ccc2F)n1. The molecule has 0 aliphatic rings. The zero-order chi connectivity index (χ0) is 15.4. The van der Waals surface area contributed by atoms with Crippen molar-refractivity contribution < 1.29 is 23.1 Å². The van der Waals surface area contributed by atoms with Gasteiger partial charge in [0.1, 0.15) is 11.6 Å². The lowest BCUT2D eigenvalue weighted by Crippen LogP contribution is -2.14. The molecular weight excluding hydrogens is 302 g/mol. The van der Waals surface area contributed by atoms with Crippen LogP contribution in [0.5, 0.6) is 0 Å². The molecule has 0 spiro atoms. The lowest BCUT2D eigenvalue weighted by atomic mass is 10.2. The van der Waals surface area contributed by atoms with Crippen molar-refractivity contribution in [1.29, 1.82) is 0 Å². The molecule has 1 heterocycles. The summed E-state index contributed by atoms with van der Waals surface area (Å²) in [5.74, 6) is -2.83. The monoisotopic (exact) mass is 312 g/mol. The van der Waals surface area contributed by atoms with Crippen molar-refractivity contribution >= 4 is 28.3 Å². The molecule has 0 atom stereocenters. The molecular formula is C13H10F2N2O3S. The van der Waals surface area contributed by atoms with Gasteiger partial charge in [0.25, 0.3) is 5.91 Å². The number of anilines is 1. The fraction of sp³-hybridized carbons (Fsp3) is 0.154. The molecule has 21 heavy (non-hydrogen) atoms. The summed E-state index contributed by atoms with van der Waals surface area (Å²) in [6.45, 7) is 0. The van der Waals surface area contributed by atoms with E-state index >= 15 is 0 Å². The highest BCUT2D eigenvalue weighted by Crippen LogP contribution is 2.18. The number of nitrogens with zero attached hydrogens (tertiary/aromatic N) is 1. The van der Waals surface area contributed by atoms with E-state index in [4.69, 9.17) is 0 Å². The Morgan fingerprint density at radius 2 is 2.14 bits per heavy atom. The van der Waals surface area contributed by atoms with Gasteiger partial charge in [-0.1, -0.05) is 0 Å². The minimum atomic E-state index is -0.833. The normalized spacial score (nSPS) is 10.2. The lowest BCUT2D eigenvalue weighted by Gasteiger charge is -2.03. The summed E-state index contributed by atoms with van der Waals surface area (Å²) in [4.78, 5) is 26.9. The Morgan fingerprint density at radius 3 is 2.86 bits per heavy atom. The zero-order valence-corrected chi connectivity index (χ0v) is 11.7. The number of aromatic nitrogens is 1. The number of hydrogen-bond acceptors (Lipinski definition) is 5. The number of ether oxygens (including phenoxy) is 1. The number of carbonyl (C=O) groups excluding carboxylic acids is 2. The van der Waals surface area contributed by atoms with E-state index in [1.807, 2.05) is 0 Å². The van der Waals surface area contributed by atoms with E-state index in [9.17, 15) is 18.4 Å².